The van der Waals surface area contributed by atoms with Crippen LogP contribution in [0.15, 0.2) is 0 Å². The molecule has 0 saturated carbocycles. The van der Waals surface area contributed by atoms with Crippen LogP contribution in [0.3, 0.4) is 0 Å². The summed E-state index contributed by atoms with van der Waals surface area (Å²) >= 11 is 0. The van der Waals surface area contributed by atoms with Crippen LogP contribution in [-0.4, -0.2) is 23.8 Å². The van der Waals surface area contributed by atoms with Gasteiger partial charge < -0.3 is 4.74 Å². The number of unbranched alkanes of at least 4 members (excludes halogenated alkanes) is 1. The maximum absolute atomic E-state index is 12.0. The molecule has 17 heavy (non-hydrogen) atoms. The second kappa shape index (κ2) is 6.29. The van der Waals surface area contributed by atoms with Gasteiger partial charge in [0.05, 0.1) is 6.42 Å². The van der Waals surface area contributed by atoms with Gasteiger partial charge in [-0.2, -0.15) is 0 Å². The molecule has 3 heteroatoms. The quantitative estimate of drug-likeness (QED) is 0.509. The first kappa shape index (κ1) is 16.3. The fourth-order valence-corrected chi connectivity index (χ4v) is 1.18. The first-order valence-corrected chi connectivity index (χ1v) is 6.32. The molecule has 0 aromatic rings. The Bertz CT molecular complexity index is 272. The van der Waals surface area contributed by atoms with E-state index < -0.39 is 11.0 Å². The lowest BCUT2D eigenvalue weighted by Gasteiger charge is -2.25. The highest BCUT2D eigenvalue weighted by atomic mass is 16.5. The van der Waals surface area contributed by atoms with Gasteiger partial charge in [0.2, 0.25) is 0 Å². The van der Waals surface area contributed by atoms with Crippen molar-refractivity contribution >= 4 is 11.6 Å². The molecule has 0 atom stereocenters. The number of rotatable bonds is 7. The van der Waals surface area contributed by atoms with Crippen LogP contribution in [0.2, 0.25) is 0 Å². The summed E-state index contributed by atoms with van der Waals surface area (Å²) in [6.07, 6.45) is 1.93. The third-order valence-electron chi connectivity index (χ3n) is 2.79. The van der Waals surface area contributed by atoms with Crippen molar-refractivity contribution in [3.05, 3.63) is 0 Å². The first-order chi connectivity index (χ1) is 7.61. The molecule has 0 aromatic heterocycles. The highest BCUT2D eigenvalue weighted by molar-refractivity contribution is 6.04. The largest absolute Gasteiger partial charge is 0.368 e. The zero-order valence-electron chi connectivity index (χ0n) is 12.1. The molecule has 0 bridgehead atoms. The lowest BCUT2D eigenvalue weighted by molar-refractivity contribution is -0.145. The molecule has 0 aliphatic rings. The van der Waals surface area contributed by atoms with Crippen LogP contribution in [0.4, 0.5) is 0 Å². The Morgan fingerprint density at radius 3 is 1.94 bits per heavy atom. The van der Waals surface area contributed by atoms with Gasteiger partial charge in [-0.1, -0.05) is 34.1 Å². The summed E-state index contributed by atoms with van der Waals surface area (Å²) in [6.45, 7) is 11.6. The minimum atomic E-state index is -0.851. The van der Waals surface area contributed by atoms with Gasteiger partial charge in [0, 0.05) is 12.0 Å². The summed E-state index contributed by atoms with van der Waals surface area (Å²) in [5.74, 6) is -0.164. The van der Waals surface area contributed by atoms with E-state index in [-0.39, 0.29) is 18.0 Å². The summed E-state index contributed by atoms with van der Waals surface area (Å²) in [4.78, 5) is 23.7. The van der Waals surface area contributed by atoms with Crippen molar-refractivity contribution in [1.82, 2.24) is 0 Å². The van der Waals surface area contributed by atoms with Crippen molar-refractivity contribution in [2.75, 3.05) is 6.61 Å². The highest BCUT2D eigenvalue weighted by Crippen LogP contribution is 2.21. The van der Waals surface area contributed by atoms with Crippen molar-refractivity contribution in [3.63, 3.8) is 0 Å². The molecule has 0 unspecified atom stereocenters. The molecule has 0 aliphatic heterocycles. The molecule has 0 N–H and O–H groups in total. The second-order valence-corrected chi connectivity index (χ2v) is 5.99. The molecule has 0 fully saturated rings. The molecule has 0 amide bonds. The number of ketones is 2. The number of ether oxygens (including phenoxy) is 1. The van der Waals surface area contributed by atoms with Crippen LogP contribution in [0.25, 0.3) is 0 Å². The van der Waals surface area contributed by atoms with E-state index in [0.717, 1.165) is 12.8 Å². The Kier molecular flexibility index (Phi) is 6.03. The van der Waals surface area contributed by atoms with Crippen molar-refractivity contribution in [2.24, 2.45) is 5.41 Å². The summed E-state index contributed by atoms with van der Waals surface area (Å²) in [7, 11) is 0. The average molecular weight is 242 g/mol. The van der Waals surface area contributed by atoms with Crippen LogP contribution in [0.5, 0.6) is 0 Å². The van der Waals surface area contributed by atoms with Gasteiger partial charge in [-0.3, -0.25) is 9.59 Å². The predicted octanol–water partition coefficient (Wildman–Crippen LogP) is 3.16. The van der Waals surface area contributed by atoms with E-state index in [2.05, 4.69) is 6.92 Å². The Balaban J connectivity index is 4.34. The topological polar surface area (TPSA) is 43.4 Å². The number of Topliss-reactive ketones (excluding diaryl/α,β-unsaturated/α-hetero) is 2. The number of hydrogen-bond donors (Lipinski definition) is 0. The fourth-order valence-electron chi connectivity index (χ4n) is 1.18. The molecule has 0 aromatic carbocycles. The Morgan fingerprint density at radius 2 is 1.53 bits per heavy atom. The third kappa shape index (κ3) is 5.97. The smallest absolute Gasteiger partial charge is 0.171 e. The summed E-state index contributed by atoms with van der Waals surface area (Å²) in [5.41, 5.74) is -1.31. The van der Waals surface area contributed by atoms with Gasteiger partial charge in [-0.25, -0.2) is 0 Å². The minimum Gasteiger partial charge on any atom is -0.368 e. The van der Waals surface area contributed by atoms with Crippen LogP contribution in [0, 0.1) is 5.41 Å². The maximum Gasteiger partial charge on any atom is 0.171 e. The van der Waals surface area contributed by atoms with Gasteiger partial charge in [0.25, 0.3) is 0 Å². The number of carbonyl (C=O) groups is 2. The van der Waals surface area contributed by atoms with E-state index >= 15 is 0 Å². The summed E-state index contributed by atoms with van der Waals surface area (Å²) in [6, 6.07) is 0. The van der Waals surface area contributed by atoms with E-state index in [1.165, 1.54) is 0 Å². The summed E-state index contributed by atoms with van der Waals surface area (Å²) in [5, 5.41) is 0. The zero-order valence-corrected chi connectivity index (χ0v) is 12.1. The Morgan fingerprint density at radius 1 is 1.00 bits per heavy atom. The molecule has 0 saturated heterocycles. The molecule has 3 nitrogen and oxygen atoms in total. The molecular weight excluding hydrogens is 216 g/mol. The van der Waals surface area contributed by atoms with Crippen LogP contribution in [-0.2, 0) is 14.3 Å². The summed E-state index contributed by atoms with van der Waals surface area (Å²) < 4.78 is 5.54. The van der Waals surface area contributed by atoms with Gasteiger partial charge in [0.15, 0.2) is 5.78 Å². The molecule has 0 aliphatic carbocycles. The van der Waals surface area contributed by atoms with Crippen molar-refractivity contribution in [2.45, 2.75) is 66.4 Å². The Labute approximate surface area is 105 Å². The number of hydrogen-bond acceptors (Lipinski definition) is 3. The normalized spacial score (nSPS) is 12.6. The molecular formula is C14H26O3. The number of carbonyl (C=O) groups excluding carboxylic acids is 2. The Hall–Kier alpha value is -0.700. The lowest BCUT2D eigenvalue weighted by atomic mass is 9.85. The fraction of sp³-hybridized carbons (Fsp3) is 0.857. The van der Waals surface area contributed by atoms with Crippen molar-refractivity contribution < 1.29 is 14.3 Å². The predicted molar refractivity (Wildman–Crippen MR) is 69.0 cm³/mol. The molecule has 100 valence electrons. The SMILES string of the molecule is CCCCOC(C)(C)C(=O)CC(=O)C(C)(C)C. The van der Waals surface area contributed by atoms with Crippen LogP contribution >= 0.6 is 0 Å². The molecule has 0 radical (unpaired) electrons. The van der Waals surface area contributed by atoms with Gasteiger partial charge in [0.1, 0.15) is 11.4 Å². The van der Waals surface area contributed by atoms with E-state index in [1.54, 1.807) is 13.8 Å². The van der Waals surface area contributed by atoms with Gasteiger partial charge >= 0.3 is 0 Å². The zero-order chi connectivity index (χ0) is 13.7. The molecule has 0 rings (SSSR count). The first-order valence-electron chi connectivity index (χ1n) is 6.32. The second-order valence-electron chi connectivity index (χ2n) is 5.99. The minimum absolute atomic E-state index is 0.0327. The van der Waals surface area contributed by atoms with Crippen LogP contribution in [0.1, 0.15) is 60.8 Å². The van der Waals surface area contributed by atoms with Crippen LogP contribution < -0.4 is 0 Å². The van der Waals surface area contributed by atoms with Crippen molar-refractivity contribution in [3.8, 4) is 0 Å². The van der Waals surface area contributed by atoms with E-state index in [4.69, 9.17) is 4.74 Å². The maximum atomic E-state index is 12.0. The highest BCUT2D eigenvalue weighted by Gasteiger charge is 2.32. The van der Waals surface area contributed by atoms with Gasteiger partial charge in [-0.15, -0.1) is 0 Å². The third-order valence-corrected chi connectivity index (χ3v) is 2.79. The molecule has 0 spiro atoms. The van der Waals surface area contributed by atoms with Gasteiger partial charge in [-0.05, 0) is 20.3 Å². The van der Waals surface area contributed by atoms with E-state index in [0.29, 0.717) is 6.61 Å². The standard InChI is InChI=1S/C14H26O3/c1-7-8-9-17-14(5,6)12(16)10-11(15)13(2,3)4/h7-10H2,1-6H3. The molecule has 0 heterocycles. The lowest BCUT2D eigenvalue weighted by Crippen LogP contribution is -2.38. The van der Waals surface area contributed by atoms with E-state index in [9.17, 15) is 9.59 Å². The van der Waals surface area contributed by atoms with Crippen molar-refractivity contribution in [1.29, 1.82) is 0 Å². The average Bonchev–Trinajstić information content (AvgIpc) is 2.16. The van der Waals surface area contributed by atoms with E-state index in [1.807, 2.05) is 20.8 Å². The monoisotopic (exact) mass is 242 g/mol.